The number of piperazine rings is 1. The van der Waals surface area contributed by atoms with Gasteiger partial charge >= 0.3 is 0 Å². The fourth-order valence-corrected chi connectivity index (χ4v) is 4.02. The average molecular weight is 531 g/mol. The fourth-order valence-electron chi connectivity index (χ4n) is 3.66. The van der Waals surface area contributed by atoms with Crippen molar-refractivity contribution in [1.82, 2.24) is 9.80 Å². The quantitative estimate of drug-likeness (QED) is 0.552. The van der Waals surface area contributed by atoms with Crippen molar-refractivity contribution in [2.75, 3.05) is 50.6 Å². The van der Waals surface area contributed by atoms with Gasteiger partial charge in [-0.05, 0) is 42.5 Å². The molecule has 2 aromatic rings. The maximum absolute atomic E-state index is 13.2. The van der Waals surface area contributed by atoms with Crippen molar-refractivity contribution in [1.29, 1.82) is 0 Å². The molecule has 0 spiro atoms. The summed E-state index contributed by atoms with van der Waals surface area (Å²) in [6.45, 7) is 1.90. The van der Waals surface area contributed by atoms with Crippen LogP contribution < -0.4 is 15.0 Å². The van der Waals surface area contributed by atoms with Gasteiger partial charge < -0.3 is 29.5 Å². The van der Waals surface area contributed by atoms with Crippen molar-refractivity contribution in [3.8, 4) is 5.75 Å². The molecule has 1 fully saturated rings. The van der Waals surface area contributed by atoms with Crippen molar-refractivity contribution in [3.63, 3.8) is 0 Å². The topological polar surface area (TPSA) is 99.3 Å². The Morgan fingerprint density at radius 3 is 2.50 bits per heavy atom. The van der Waals surface area contributed by atoms with Gasteiger partial charge in [-0.25, -0.2) is 0 Å². The molecule has 2 aromatic carbocycles. The van der Waals surface area contributed by atoms with E-state index in [0.717, 1.165) is 4.47 Å². The molecule has 1 atom stereocenters. The Kier molecular flexibility index (Phi) is 8.27. The SMILES string of the molecule is CNc1ccc(Br)cc1C(=O)N1CCN(C(=O)COc2ccc(N(C)C(C)=O)cc2)CC1C=O. The lowest BCUT2D eigenvalue weighted by atomic mass is 10.1. The van der Waals surface area contributed by atoms with Crippen LogP contribution in [0, 0.1) is 0 Å². The van der Waals surface area contributed by atoms with E-state index in [2.05, 4.69) is 21.2 Å². The number of aldehydes is 1. The van der Waals surface area contributed by atoms with Crippen LogP contribution in [0.1, 0.15) is 17.3 Å². The van der Waals surface area contributed by atoms with E-state index in [1.165, 1.54) is 21.6 Å². The van der Waals surface area contributed by atoms with Gasteiger partial charge in [-0.15, -0.1) is 0 Å². The third kappa shape index (κ3) is 5.74. The molecule has 34 heavy (non-hydrogen) atoms. The summed E-state index contributed by atoms with van der Waals surface area (Å²) in [7, 11) is 3.40. The van der Waals surface area contributed by atoms with E-state index in [1.807, 2.05) is 6.07 Å². The number of nitrogens with zero attached hydrogens (tertiary/aromatic N) is 3. The zero-order valence-corrected chi connectivity index (χ0v) is 20.9. The van der Waals surface area contributed by atoms with Crippen LogP contribution in [0.4, 0.5) is 11.4 Å². The van der Waals surface area contributed by atoms with Crippen molar-refractivity contribution < 1.29 is 23.9 Å². The second-order valence-corrected chi connectivity index (χ2v) is 8.76. The molecule has 1 N–H and O–H groups in total. The van der Waals surface area contributed by atoms with Gasteiger partial charge in [0.1, 0.15) is 18.1 Å². The lowest BCUT2D eigenvalue weighted by molar-refractivity contribution is -0.136. The third-order valence-corrected chi connectivity index (χ3v) is 6.22. The second-order valence-electron chi connectivity index (χ2n) is 7.84. The van der Waals surface area contributed by atoms with Gasteiger partial charge in [0.05, 0.1) is 5.56 Å². The Hall–Kier alpha value is -3.40. The van der Waals surface area contributed by atoms with E-state index in [4.69, 9.17) is 4.74 Å². The van der Waals surface area contributed by atoms with Crippen LogP contribution in [0.15, 0.2) is 46.9 Å². The molecule has 3 amide bonds. The molecule has 0 saturated carbocycles. The third-order valence-electron chi connectivity index (χ3n) is 5.73. The van der Waals surface area contributed by atoms with Gasteiger partial charge in [0.2, 0.25) is 5.91 Å². The molecule has 10 heteroatoms. The minimum atomic E-state index is -0.754. The molecule has 1 aliphatic rings. The van der Waals surface area contributed by atoms with Crippen molar-refractivity contribution in [3.05, 3.63) is 52.5 Å². The zero-order valence-electron chi connectivity index (χ0n) is 19.3. The minimum absolute atomic E-state index is 0.0896. The highest BCUT2D eigenvalue weighted by atomic mass is 79.9. The largest absolute Gasteiger partial charge is 0.484 e. The number of hydrogen-bond donors (Lipinski definition) is 1. The monoisotopic (exact) mass is 530 g/mol. The summed E-state index contributed by atoms with van der Waals surface area (Å²) in [5.74, 6) is -0.152. The molecule has 3 rings (SSSR count). The smallest absolute Gasteiger partial charge is 0.260 e. The Morgan fingerprint density at radius 1 is 1.18 bits per heavy atom. The Bertz CT molecular complexity index is 1080. The number of ether oxygens (including phenoxy) is 1. The zero-order chi connectivity index (χ0) is 24.8. The number of anilines is 2. The Labute approximate surface area is 206 Å². The second kappa shape index (κ2) is 11.1. The summed E-state index contributed by atoms with van der Waals surface area (Å²) in [5, 5.41) is 2.99. The van der Waals surface area contributed by atoms with Gasteiger partial charge in [-0.2, -0.15) is 0 Å². The van der Waals surface area contributed by atoms with Gasteiger partial charge in [0, 0.05) is 56.5 Å². The van der Waals surface area contributed by atoms with E-state index in [0.29, 0.717) is 35.5 Å². The maximum atomic E-state index is 13.2. The first-order chi connectivity index (χ1) is 16.2. The van der Waals surface area contributed by atoms with E-state index in [1.54, 1.807) is 50.5 Å². The van der Waals surface area contributed by atoms with Crippen molar-refractivity contribution >= 4 is 51.3 Å². The molecule has 0 bridgehead atoms. The number of hydrogen-bond acceptors (Lipinski definition) is 6. The van der Waals surface area contributed by atoms with Crippen LogP contribution in [0.5, 0.6) is 5.75 Å². The summed E-state index contributed by atoms with van der Waals surface area (Å²) in [5.41, 5.74) is 1.82. The summed E-state index contributed by atoms with van der Waals surface area (Å²) in [4.78, 5) is 53.6. The van der Waals surface area contributed by atoms with E-state index in [-0.39, 0.29) is 37.4 Å². The predicted molar refractivity (Wildman–Crippen MR) is 132 cm³/mol. The molecule has 1 saturated heterocycles. The first-order valence-electron chi connectivity index (χ1n) is 10.7. The summed E-state index contributed by atoms with van der Waals surface area (Å²) in [6, 6.07) is 11.4. The first kappa shape index (κ1) is 25.2. The Balaban J connectivity index is 1.61. The van der Waals surface area contributed by atoms with Crippen molar-refractivity contribution in [2.24, 2.45) is 0 Å². The van der Waals surface area contributed by atoms with Gasteiger partial charge in [-0.3, -0.25) is 14.4 Å². The molecule has 1 unspecified atom stereocenters. The molecule has 180 valence electrons. The number of carbonyl (C=O) groups excluding carboxylic acids is 4. The van der Waals surface area contributed by atoms with Crippen LogP contribution in [0.25, 0.3) is 0 Å². The molecule has 1 aliphatic heterocycles. The number of nitrogens with one attached hydrogen (secondary N) is 1. The number of carbonyl (C=O) groups is 4. The van der Waals surface area contributed by atoms with E-state index in [9.17, 15) is 19.2 Å². The maximum Gasteiger partial charge on any atom is 0.260 e. The van der Waals surface area contributed by atoms with Crippen molar-refractivity contribution in [2.45, 2.75) is 13.0 Å². The van der Waals surface area contributed by atoms with Gasteiger partial charge in [-0.1, -0.05) is 15.9 Å². The first-order valence-corrected chi connectivity index (χ1v) is 11.5. The predicted octanol–water partition coefficient (Wildman–Crippen LogP) is 2.40. The van der Waals surface area contributed by atoms with Crippen LogP contribution in [0.2, 0.25) is 0 Å². The van der Waals surface area contributed by atoms with Crippen LogP contribution in [-0.2, 0) is 14.4 Å². The van der Waals surface area contributed by atoms with Crippen LogP contribution in [0.3, 0.4) is 0 Å². The lowest BCUT2D eigenvalue weighted by Crippen LogP contribution is -2.57. The number of amides is 3. The highest BCUT2D eigenvalue weighted by Gasteiger charge is 2.33. The van der Waals surface area contributed by atoms with E-state index >= 15 is 0 Å². The standard InChI is InChI=1S/C24H27BrN4O5/c1-16(31)27(3)18-5-7-20(8-6-18)34-15-23(32)28-10-11-29(19(13-28)14-30)24(33)21-12-17(25)4-9-22(21)26-2/h4-9,12,14,19,26H,10-11,13,15H2,1-3H3. The van der Waals surface area contributed by atoms with Gasteiger partial charge in [0.15, 0.2) is 6.61 Å². The van der Waals surface area contributed by atoms with Crippen LogP contribution in [-0.4, -0.2) is 80.2 Å². The lowest BCUT2D eigenvalue weighted by Gasteiger charge is -2.39. The van der Waals surface area contributed by atoms with E-state index < -0.39 is 6.04 Å². The number of rotatable bonds is 7. The number of halogens is 1. The molecule has 9 nitrogen and oxygen atoms in total. The average Bonchev–Trinajstić information content (AvgIpc) is 2.86. The molecule has 0 aliphatic carbocycles. The molecular formula is C24H27BrN4O5. The molecule has 0 aromatic heterocycles. The summed E-state index contributed by atoms with van der Waals surface area (Å²) in [6.07, 6.45) is 0.694. The minimum Gasteiger partial charge on any atom is -0.484 e. The fraction of sp³-hybridized carbons (Fsp3) is 0.333. The Morgan fingerprint density at radius 2 is 1.88 bits per heavy atom. The molecule has 0 radical (unpaired) electrons. The number of benzene rings is 2. The summed E-state index contributed by atoms with van der Waals surface area (Å²) >= 11 is 3.38. The van der Waals surface area contributed by atoms with Gasteiger partial charge in [0.25, 0.3) is 11.8 Å². The molecule has 1 heterocycles. The highest BCUT2D eigenvalue weighted by Crippen LogP contribution is 2.24. The van der Waals surface area contributed by atoms with Crippen LogP contribution >= 0.6 is 15.9 Å². The summed E-state index contributed by atoms with van der Waals surface area (Å²) < 4.78 is 6.35. The highest BCUT2D eigenvalue weighted by molar-refractivity contribution is 9.10. The molecular weight excluding hydrogens is 504 g/mol. The normalized spacial score (nSPS) is 15.5.